The maximum atomic E-state index is 13.2. The fraction of sp³-hybridized carbons (Fsp3) is 0.609. The summed E-state index contributed by atoms with van der Waals surface area (Å²) in [6.45, 7) is 5.70. The summed E-state index contributed by atoms with van der Waals surface area (Å²) in [5, 5.41) is 41.9. The lowest BCUT2D eigenvalue weighted by Crippen LogP contribution is -2.44. The van der Waals surface area contributed by atoms with Gasteiger partial charge in [-0.1, -0.05) is 6.42 Å². The molecule has 5 N–H and O–H groups in total. The molecule has 33 heavy (non-hydrogen) atoms. The van der Waals surface area contributed by atoms with Gasteiger partial charge in [0.15, 0.2) is 5.69 Å². The number of hydrogen-bond acceptors (Lipinski definition) is 8. The van der Waals surface area contributed by atoms with Crippen LogP contribution in [0.15, 0.2) is 16.9 Å². The van der Waals surface area contributed by atoms with E-state index in [1.807, 2.05) is 13.8 Å². The number of benzene rings is 1. The summed E-state index contributed by atoms with van der Waals surface area (Å²) in [7, 11) is 0. The molecule has 1 aromatic carbocycles. The summed E-state index contributed by atoms with van der Waals surface area (Å²) >= 11 is 0. The number of nitrogens with zero attached hydrogens (tertiary/aromatic N) is 3. The van der Waals surface area contributed by atoms with Crippen molar-refractivity contribution in [2.24, 2.45) is 0 Å². The average molecular weight is 463 g/mol. The first-order chi connectivity index (χ1) is 15.7. The zero-order valence-electron chi connectivity index (χ0n) is 19.2. The molecule has 10 heteroatoms. The van der Waals surface area contributed by atoms with Crippen LogP contribution in [0.2, 0.25) is 0 Å². The normalized spacial score (nSPS) is 17.6. The SMILES string of the molecule is Cc1cc2nc(C(=O)NCCN3CCCCC3)c(=O)n(C[C@H](O)[C@H](O)[C@H](O)CO)c2cc1C. The van der Waals surface area contributed by atoms with E-state index >= 15 is 0 Å². The Morgan fingerprint density at radius 2 is 1.76 bits per heavy atom. The highest BCUT2D eigenvalue weighted by atomic mass is 16.4. The first-order valence-corrected chi connectivity index (χ1v) is 11.4. The largest absolute Gasteiger partial charge is 0.394 e. The van der Waals surface area contributed by atoms with E-state index in [0.717, 1.165) is 37.1 Å². The van der Waals surface area contributed by atoms with Crippen LogP contribution in [-0.2, 0) is 6.54 Å². The first-order valence-electron chi connectivity index (χ1n) is 11.4. The van der Waals surface area contributed by atoms with Crippen LogP contribution in [0.25, 0.3) is 11.0 Å². The second kappa shape index (κ2) is 11.2. The van der Waals surface area contributed by atoms with E-state index in [2.05, 4.69) is 15.2 Å². The molecule has 182 valence electrons. The monoisotopic (exact) mass is 462 g/mol. The number of fused-ring (bicyclic) bond motifs is 1. The molecule has 0 spiro atoms. The predicted molar refractivity (Wildman–Crippen MR) is 123 cm³/mol. The number of likely N-dealkylation sites (tertiary alicyclic amines) is 1. The van der Waals surface area contributed by atoms with E-state index in [1.165, 1.54) is 11.0 Å². The van der Waals surface area contributed by atoms with Gasteiger partial charge in [0, 0.05) is 13.1 Å². The average Bonchev–Trinajstić information content (AvgIpc) is 2.81. The minimum absolute atomic E-state index is 0.297. The van der Waals surface area contributed by atoms with Crippen LogP contribution in [0.5, 0.6) is 0 Å². The number of aliphatic hydroxyl groups excluding tert-OH is 4. The third-order valence-corrected chi connectivity index (χ3v) is 6.28. The number of aliphatic hydroxyl groups is 4. The van der Waals surface area contributed by atoms with Gasteiger partial charge in [-0.05, 0) is 63.0 Å². The van der Waals surface area contributed by atoms with Gasteiger partial charge in [0.05, 0.1) is 24.2 Å². The molecule has 0 radical (unpaired) electrons. The quantitative estimate of drug-likeness (QED) is 0.329. The van der Waals surface area contributed by atoms with Crippen molar-refractivity contribution in [1.29, 1.82) is 0 Å². The Labute approximate surface area is 192 Å². The summed E-state index contributed by atoms with van der Waals surface area (Å²) in [6, 6.07) is 3.50. The summed E-state index contributed by atoms with van der Waals surface area (Å²) < 4.78 is 1.19. The van der Waals surface area contributed by atoms with Gasteiger partial charge >= 0.3 is 0 Å². The van der Waals surface area contributed by atoms with Crippen molar-refractivity contribution in [2.75, 3.05) is 32.8 Å². The molecule has 1 amide bonds. The number of hydrogen-bond donors (Lipinski definition) is 5. The Kier molecular flexibility index (Phi) is 8.55. The third kappa shape index (κ3) is 5.96. The van der Waals surface area contributed by atoms with E-state index in [9.17, 15) is 24.9 Å². The minimum Gasteiger partial charge on any atom is -0.394 e. The fourth-order valence-electron chi connectivity index (χ4n) is 4.08. The van der Waals surface area contributed by atoms with Crippen LogP contribution < -0.4 is 10.9 Å². The summed E-state index contributed by atoms with van der Waals surface area (Å²) in [4.78, 5) is 32.6. The lowest BCUT2D eigenvalue weighted by molar-refractivity contribution is -0.0805. The zero-order valence-corrected chi connectivity index (χ0v) is 19.2. The van der Waals surface area contributed by atoms with Crippen molar-refractivity contribution in [2.45, 2.75) is 58.0 Å². The van der Waals surface area contributed by atoms with Crippen molar-refractivity contribution in [1.82, 2.24) is 19.8 Å². The van der Waals surface area contributed by atoms with Crippen molar-refractivity contribution in [3.05, 3.63) is 39.3 Å². The van der Waals surface area contributed by atoms with E-state index < -0.39 is 36.4 Å². The van der Waals surface area contributed by atoms with Crippen molar-refractivity contribution in [3.63, 3.8) is 0 Å². The number of aryl methyl sites for hydroxylation is 2. The summed E-state index contributed by atoms with van der Waals surface area (Å²) in [6.07, 6.45) is -1.28. The molecule has 1 aliphatic rings. The Bertz CT molecular complexity index is 1030. The minimum atomic E-state index is -1.67. The Hall–Kier alpha value is -2.37. The topological polar surface area (TPSA) is 148 Å². The molecule has 3 atom stereocenters. The second-order valence-electron chi connectivity index (χ2n) is 8.77. The molecule has 2 aromatic rings. The van der Waals surface area contributed by atoms with Gasteiger partial charge in [-0.3, -0.25) is 9.59 Å². The van der Waals surface area contributed by atoms with Gasteiger partial charge in [-0.25, -0.2) is 4.98 Å². The van der Waals surface area contributed by atoms with Gasteiger partial charge in [-0.15, -0.1) is 0 Å². The van der Waals surface area contributed by atoms with Crippen LogP contribution in [0, 0.1) is 13.8 Å². The van der Waals surface area contributed by atoms with Gasteiger partial charge in [0.1, 0.15) is 18.3 Å². The van der Waals surface area contributed by atoms with Crippen molar-refractivity contribution >= 4 is 16.9 Å². The van der Waals surface area contributed by atoms with Gasteiger partial charge < -0.3 is 35.2 Å². The number of piperidine rings is 1. The maximum Gasteiger partial charge on any atom is 0.282 e. The fourth-order valence-corrected chi connectivity index (χ4v) is 4.08. The van der Waals surface area contributed by atoms with Gasteiger partial charge in [-0.2, -0.15) is 0 Å². The third-order valence-electron chi connectivity index (χ3n) is 6.28. The molecular weight excluding hydrogens is 428 g/mol. The molecule has 2 heterocycles. The molecule has 1 saturated heterocycles. The van der Waals surface area contributed by atoms with Gasteiger partial charge in [0.25, 0.3) is 11.5 Å². The number of amides is 1. The highest BCUT2D eigenvalue weighted by Gasteiger charge is 2.27. The highest BCUT2D eigenvalue weighted by molar-refractivity contribution is 5.94. The number of aromatic nitrogens is 2. The van der Waals surface area contributed by atoms with Crippen LogP contribution in [-0.4, -0.2) is 91.9 Å². The lowest BCUT2D eigenvalue weighted by atomic mass is 10.1. The number of rotatable bonds is 9. The molecule has 10 nitrogen and oxygen atoms in total. The lowest BCUT2D eigenvalue weighted by Gasteiger charge is -2.26. The van der Waals surface area contributed by atoms with E-state index in [-0.39, 0.29) is 12.2 Å². The molecule has 0 saturated carbocycles. The molecule has 0 unspecified atom stereocenters. The van der Waals surface area contributed by atoms with Gasteiger partial charge in [0.2, 0.25) is 0 Å². The van der Waals surface area contributed by atoms with Crippen LogP contribution >= 0.6 is 0 Å². The number of carbonyl (C=O) groups excluding carboxylic acids is 1. The molecule has 0 bridgehead atoms. The number of nitrogens with one attached hydrogen (secondary N) is 1. The number of carbonyl (C=O) groups is 1. The van der Waals surface area contributed by atoms with E-state index in [4.69, 9.17) is 5.11 Å². The Balaban J connectivity index is 1.89. The standard InChI is InChI=1S/C23H34N4O6/c1-14-10-16-17(11-15(14)2)27(12-18(29)21(31)19(30)13-28)23(33)20(25-16)22(32)24-6-9-26-7-4-3-5-8-26/h10-11,18-19,21,28-31H,3-9,12-13H2,1-2H3,(H,24,32)/t18-,19+,21-/m0/s1. The van der Waals surface area contributed by atoms with E-state index in [1.54, 1.807) is 12.1 Å². The van der Waals surface area contributed by atoms with Crippen molar-refractivity contribution < 1.29 is 25.2 Å². The summed E-state index contributed by atoms with van der Waals surface area (Å²) in [5.41, 5.74) is 1.62. The van der Waals surface area contributed by atoms with Crippen molar-refractivity contribution in [3.8, 4) is 0 Å². The van der Waals surface area contributed by atoms with Crippen LogP contribution in [0.4, 0.5) is 0 Å². The van der Waals surface area contributed by atoms with Crippen LogP contribution in [0.3, 0.4) is 0 Å². The smallest absolute Gasteiger partial charge is 0.282 e. The Morgan fingerprint density at radius 3 is 2.42 bits per heavy atom. The second-order valence-corrected chi connectivity index (χ2v) is 8.77. The van der Waals surface area contributed by atoms with E-state index in [0.29, 0.717) is 24.1 Å². The molecular formula is C23H34N4O6. The first kappa shape index (κ1) is 25.3. The predicted octanol–water partition coefficient (Wildman–Crippen LogP) is -0.696. The molecule has 1 aromatic heterocycles. The zero-order chi connectivity index (χ0) is 24.1. The summed E-state index contributed by atoms with van der Waals surface area (Å²) in [5.74, 6) is -0.601. The molecule has 1 aliphatic heterocycles. The molecule has 1 fully saturated rings. The highest BCUT2D eigenvalue weighted by Crippen LogP contribution is 2.18. The van der Waals surface area contributed by atoms with Crippen LogP contribution in [0.1, 0.15) is 40.9 Å². The maximum absolute atomic E-state index is 13.2. The molecule has 3 rings (SSSR count). The molecule has 0 aliphatic carbocycles. The Morgan fingerprint density at radius 1 is 1.09 bits per heavy atom.